The zero-order valence-corrected chi connectivity index (χ0v) is 20.7. The highest BCUT2D eigenvalue weighted by molar-refractivity contribution is 9.10. The number of halogens is 1. The molecule has 0 aromatic heterocycles. The Hall–Kier alpha value is -2.99. The van der Waals surface area contributed by atoms with Crippen LogP contribution in [0, 0.1) is 0 Å². The van der Waals surface area contributed by atoms with Crippen LogP contribution in [0.15, 0.2) is 28.7 Å². The number of carbonyl (C=O) groups is 5. The second kappa shape index (κ2) is 12.5. The van der Waals surface area contributed by atoms with Gasteiger partial charge in [-0.3, -0.25) is 24.0 Å². The third-order valence-corrected chi connectivity index (χ3v) is 5.12. The maximum atomic E-state index is 12.8. The zero-order chi connectivity index (χ0) is 25.4. The van der Waals surface area contributed by atoms with Crippen LogP contribution in [0.2, 0.25) is 0 Å². The van der Waals surface area contributed by atoms with Gasteiger partial charge in [-0.25, -0.2) is 0 Å². The summed E-state index contributed by atoms with van der Waals surface area (Å²) in [6.07, 6.45) is -5.21. The van der Waals surface area contributed by atoms with Gasteiger partial charge in [0.1, 0.15) is 18.8 Å². The van der Waals surface area contributed by atoms with Crippen molar-refractivity contribution in [3.8, 4) is 0 Å². The third kappa shape index (κ3) is 8.41. The van der Waals surface area contributed by atoms with Crippen LogP contribution >= 0.6 is 15.9 Å². The minimum atomic E-state index is -1.43. The average molecular weight is 544 g/mol. The summed E-state index contributed by atoms with van der Waals surface area (Å²) >= 11 is 3.32. The van der Waals surface area contributed by atoms with Crippen LogP contribution in [0.3, 0.4) is 0 Å². The standard InChI is InChI=1S/C22H26BrNO10/c1-11(25)30-10-17-20(31-12(2)26)21(32-13(3)27)19(22(34-17)33-14(4)28)24-18(29)9-15-5-7-16(23)8-6-15/h5-8,17,19-22H,9-10H2,1-4H3,(H,24,29)/t17-,19-,20-,21-,22-/m1/s1. The van der Waals surface area contributed by atoms with E-state index in [1.807, 2.05) is 0 Å². The Morgan fingerprint density at radius 1 is 0.853 bits per heavy atom. The van der Waals surface area contributed by atoms with Gasteiger partial charge in [-0.05, 0) is 17.7 Å². The number of rotatable bonds is 8. The molecule has 1 aromatic carbocycles. The highest BCUT2D eigenvalue weighted by Gasteiger charge is 2.52. The first-order valence-electron chi connectivity index (χ1n) is 10.3. The fourth-order valence-corrected chi connectivity index (χ4v) is 3.61. The van der Waals surface area contributed by atoms with Crippen LogP contribution in [-0.4, -0.2) is 67.0 Å². The number of nitrogens with one attached hydrogen (secondary N) is 1. The molecule has 1 heterocycles. The van der Waals surface area contributed by atoms with Crippen molar-refractivity contribution in [1.29, 1.82) is 0 Å². The van der Waals surface area contributed by atoms with Crippen LogP contribution in [0.4, 0.5) is 0 Å². The van der Waals surface area contributed by atoms with Gasteiger partial charge in [0, 0.05) is 32.2 Å². The van der Waals surface area contributed by atoms with E-state index < -0.39 is 60.4 Å². The lowest BCUT2D eigenvalue weighted by Gasteiger charge is -2.44. The van der Waals surface area contributed by atoms with Crippen LogP contribution in [0.1, 0.15) is 33.3 Å². The number of hydrogen-bond acceptors (Lipinski definition) is 10. The van der Waals surface area contributed by atoms with Crippen LogP contribution in [0.25, 0.3) is 0 Å². The molecule has 12 heteroatoms. The first-order chi connectivity index (χ1) is 16.0. The molecule has 1 aromatic rings. The smallest absolute Gasteiger partial charge is 0.305 e. The van der Waals surface area contributed by atoms with Crippen molar-refractivity contribution in [2.24, 2.45) is 0 Å². The van der Waals surface area contributed by atoms with Gasteiger partial charge < -0.3 is 29.0 Å². The number of amides is 1. The highest BCUT2D eigenvalue weighted by Crippen LogP contribution is 2.28. The Labute approximate surface area is 204 Å². The summed E-state index contributed by atoms with van der Waals surface area (Å²) < 4.78 is 27.5. The molecule has 1 aliphatic heterocycles. The van der Waals surface area contributed by atoms with Gasteiger partial charge in [-0.2, -0.15) is 0 Å². The van der Waals surface area contributed by atoms with Gasteiger partial charge >= 0.3 is 23.9 Å². The summed E-state index contributed by atoms with van der Waals surface area (Å²) in [6, 6.07) is 5.79. The van der Waals surface area contributed by atoms with E-state index in [1.54, 1.807) is 24.3 Å². The van der Waals surface area contributed by atoms with Crippen molar-refractivity contribution in [3.63, 3.8) is 0 Å². The summed E-state index contributed by atoms with van der Waals surface area (Å²) in [5.74, 6) is -3.35. The lowest BCUT2D eigenvalue weighted by molar-refractivity contribution is -0.271. The van der Waals surface area contributed by atoms with E-state index in [2.05, 4.69) is 21.2 Å². The molecule has 0 radical (unpaired) electrons. The monoisotopic (exact) mass is 543 g/mol. The van der Waals surface area contributed by atoms with E-state index in [9.17, 15) is 24.0 Å². The Kier molecular flexibility index (Phi) is 9.99. The Morgan fingerprint density at radius 2 is 1.41 bits per heavy atom. The van der Waals surface area contributed by atoms with Crippen molar-refractivity contribution in [3.05, 3.63) is 34.3 Å². The van der Waals surface area contributed by atoms with Crippen molar-refractivity contribution < 1.29 is 47.7 Å². The van der Waals surface area contributed by atoms with Crippen LogP contribution in [0.5, 0.6) is 0 Å². The summed E-state index contributed by atoms with van der Waals surface area (Å²) in [4.78, 5) is 59.5. The van der Waals surface area contributed by atoms with Crippen molar-refractivity contribution in [2.75, 3.05) is 6.61 Å². The zero-order valence-electron chi connectivity index (χ0n) is 19.1. The Bertz CT molecular complexity index is 919. The van der Waals surface area contributed by atoms with Crippen molar-refractivity contribution in [2.45, 2.75) is 64.8 Å². The summed E-state index contributed by atoms with van der Waals surface area (Å²) in [5, 5.41) is 2.65. The van der Waals surface area contributed by atoms with Gasteiger partial charge in [0.15, 0.2) is 12.2 Å². The molecule has 0 unspecified atom stereocenters. The Balaban J connectivity index is 2.37. The molecule has 0 spiro atoms. The maximum absolute atomic E-state index is 12.8. The number of hydrogen-bond donors (Lipinski definition) is 1. The fourth-order valence-electron chi connectivity index (χ4n) is 3.34. The van der Waals surface area contributed by atoms with Gasteiger partial charge in [0.25, 0.3) is 0 Å². The van der Waals surface area contributed by atoms with Crippen molar-refractivity contribution in [1.82, 2.24) is 5.32 Å². The third-order valence-electron chi connectivity index (χ3n) is 4.59. The molecule has 11 nitrogen and oxygen atoms in total. The lowest BCUT2D eigenvalue weighted by atomic mass is 9.95. The summed E-state index contributed by atoms with van der Waals surface area (Å²) in [6.45, 7) is 4.17. The highest BCUT2D eigenvalue weighted by atomic mass is 79.9. The molecule has 1 aliphatic rings. The normalized spacial score (nSPS) is 23.9. The number of carbonyl (C=O) groups excluding carboxylic acids is 5. The molecule has 1 fully saturated rings. The van der Waals surface area contributed by atoms with E-state index >= 15 is 0 Å². The molecule has 1 amide bonds. The predicted molar refractivity (Wildman–Crippen MR) is 118 cm³/mol. The number of ether oxygens (including phenoxy) is 5. The van der Waals surface area contributed by atoms with Gasteiger partial charge in [0.2, 0.25) is 12.2 Å². The molecule has 34 heavy (non-hydrogen) atoms. The predicted octanol–water partition coefficient (Wildman–Crippen LogP) is 1.19. The molecule has 1 saturated heterocycles. The number of esters is 4. The molecular weight excluding hydrogens is 518 g/mol. The molecule has 0 saturated carbocycles. The minimum Gasteiger partial charge on any atom is -0.463 e. The average Bonchev–Trinajstić information content (AvgIpc) is 2.71. The van der Waals surface area contributed by atoms with E-state index in [4.69, 9.17) is 23.7 Å². The molecule has 186 valence electrons. The fraction of sp³-hybridized carbons (Fsp3) is 0.500. The topological polar surface area (TPSA) is 144 Å². The second-order valence-electron chi connectivity index (χ2n) is 7.50. The maximum Gasteiger partial charge on any atom is 0.305 e. The molecular formula is C22H26BrNO10. The van der Waals surface area contributed by atoms with E-state index in [0.29, 0.717) is 5.56 Å². The molecule has 2 rings (SSSR count). The molecule has 5 atom stereocenters. The summed E-state index contributed by atoms with van der Waals surface area (Å²) in [5.41, 5.74) is 0.690. The quantitative estimate of drug-likeness (QED) is 0.375. The number of benzene rings is 1. The molecule has 0 bridgehead atoms. The minimum absolute atomic E-state index is 0.0432. The van der Waals surface area contributed by atoms with Gasteiger partial charge in [-0.1, -0.05) is 28.1 Å². The van der Waals surface area contributed by atoms with Crippen LogP contribution < -0.4 is 5.32 Å². The lowest BCUT2D eigenvalue weighted by Crippen LogP contribution is -2.67. The largest absolute Gasteiger partial charge is 0.463 e. The van der Waals surface area contributed by atoms with E-state index in [1.165, 1.54) is 6.92 Å². The van der Waals surface area contributed by atoms with Crippen molar-refractivity contribution >= 4 is 45.7 Å². The Morgan fingerprint density at radius 3 is 1.94 bits per heavy atom. The van der Waals surface area contributed by atoms with Gasteiger partial charge in [-0.15, -0.1) is 0 Å². The van der Waals surface area contributed by atoms with Crippen LogP contribution in [-0.2, 0) is 54.1 Å². The summed E-state index contributed by atoms with van der Waals surface area (Å²) in [7, 11) is 0. The van der Waals surface area contributed by atoms with E-state index in [-0.39, 0.29) is 13.0 Å². The van der Waals surface area contributed by atoms with E-state index in [0.717, 1.165) is 25.2 Å². The first kappa shape index (κ1) is 27.3. The molecule has 1 N–H and O–H groups in total. The molecule has 0 aliphatic carbocycles. The SMILES string of the molecule is CC(=O)OC[C@H]1O[C@@H](OC(C)=O)[C@H](NC(=O)Cc2ccc(Br)cc2)[C@@H](OC(C)=O)[C@@H]1OC(C)=O. The second-order valence-corrected chi connectivity index (χ2v) is 8.42. The van der Waals surface area contributed by atoms with Gasteiger partial charge in [0.05, 0.1) is 6.42 Å². The first-order valence-corrected chi connectivity index (χ1v) is 11.1.